The molecule has 1 saturated carbocycles. The van der Waals surface area contributed by atoms with Crippen molar-refractivity contribution in [3.63, 3.8) is 0 Å². The van der Waals surface area contributed by atoms with Gasteiger partial charge < -0.3 is 8.85 Å². The smallest absolute Gasteiger partial charge is 0.386 e. The van der Waals surface area contributed by atoms with Crippen LogP contribution < -0.4 is 0 Å². The van der Waals surface area contributed by atoms with Crippen LogP contribution in [0.4, 0.5) is 0 Å². The minimum absolute atomic E-state index is 0.535. The highest BCUT2D eigenvalue weighted by atomic mass is 28.4. The molecule has 106 valence electrons. The monoisotopic (exact) mass is 271 g/mol. The van der Waals surface area contributed by atoms with E-state index in [4.69, 9.17) is 8.85 Å². The summed E-state index contributed by atoms with van der Waals surface area (Å²) in [6, 6.07) is 0.735. The molecule has 4 heteroatoms. The van der Waals surface area contributed by atoms with Gasteiger partial charge in [-0.3, -0.25) is 4.57 Å². The number of fused-ring (bicyclic) bond motifs is 1. The molecule has 2 rings (SSSR count). The number of rotatable bonds is 5. The van der Waals surface area contributed by atoms with Crippen LogP contribution in [0.1, 0.15) is 52.4 Å². The van der Waals surface area contributed by atoms with E-state index in [-0.39, 0.29) is 0 Å². The van der Waals surface area contributed by atoms with Gasteiger partial charge in [0.1, 0.15) is 0 Å². The second-order valence-electron chi connectivity index (χ2n) is 5.94. The van der Waals surface area contributed by atoms with Gasteiger partial charge in [-0.05, 0) is 31.7 Å². The van der Waals surface area contributed by atoms with Gasteiger partial charge in [0.05, 0.1) is 0 Å². The molecule has 0 N–H and O–H groups in total. The maximum atomic E-state index is 6.02. The standard InChI is InChI=1S/C14H29NO2Si/c1-5-12(2)18(16-3,17-4)15-11-10-13-8-6-7-9-14(13)15/h12-14H,5-11H2,1-4H3. The Morgan fingerprint density at radius 2 is 1.83 bits per heavy atom. The molecular formula is C14H29NO2Si. The summed E-state index contributed by atoms with van der Waals surface area (Å²) in [7, 11) is 1.53. The Morgan fingerprint density at radius 3 is 2.44 bits per heavy atom. The van der Waals surface area contributed by atoms with Gasteiger partial charge in [0, 0.05) is 25.8 Å². The lowest BCUT2D eigenvalue weighted by molar-refractivity contribution is 0.125. The number of hydrogen-bond donors (Lipinski definition) is 0. The molecule has 2 aliphatic rings. The molecule has 3 nitrogen and oxygen atoms in total. The van der Waals surface area contributed by atoms with Crippen molar-refractivity contribution in [2.45, 2.75) is 64.0 Å². The summed E-state index contributed by atoms with van der Waals surface area (Å²) in [6.45, 7) is 5.74. The maximum absolute atomic E-state index is 6.02. The zero-order chi connectivity index (χ0) is 13.2. The van der Waals surface area contributed by atoms with E-state index in [1.807, 2.05) is 14.2 Å². The fraction of sp³-hybridized carbons (Fsp3) is 1.00. The SMILES string of the molecule is CCC(C)[Si](OC)(OC)N1CCC2CCCCC21. The van der Waals surface area contributed by atoms with Gasteiger partial charge >= 0.3 is 8.72 Å². The first kappa shape index (κ1) is 14.5. The Balaban J connectivity index is 2.20. The summed E-state index contributed by atoms with van der Waals surface area (Å²) in [4.78, 5) is 0. The van der Waals surface area contributed by atoms with Crippen LogP contribution >= 0.6 is 0 Å². The van der Waals surface area contributed by atoms with Gasteiger partial charge in [-0.2, -0.15) is 0 Å². The van der Waals surface area contributed by atoms with Crippen molar-refractivity contribution in [1.82, 2.24) is 4.57 Å². The summed E-state index contributed by atoms with van der Waals surface area (Å²) in [5, 5.41) is 0. The summed E-state index contributed by atoms with van der Waals surface area (Å²) in [5.41, 5.74) is 0.535. The summed E-state index contributed by atoms with van der Waals surface area (Å²) in [5.74, 6) is 0.903. The van der Waals surface area contributed by atoms with Crippen molar-refractivity contribution in [1.29, 1.82) is 0 Å². The Hall–Kier alpha value is 0.0969. The van der Waals surface area contributed by atoms with Crippen LogP contribution in [-0.4, -0.2) is 40.1 Å². The molecule has 0 aromatic heterocycles. The Labute approximate surface area is 113 Å². The average Bonchev–Trinajstić information content (AvgIpc) is 2.85. The van der Waals surface area contributed by atoms with Crippen LogP contribution in [0, 0.1) is 5.92 Å². The largest absolute Gasteiger partial charge is 0.430 e. The Bertz CT molecular complexity index is 271. The molecule has 2 fully saturated rings. The molecule has 1 aliphatic carbocycles. The Morgan fingerprint density at radius 1 is 1.17 bits per heavy atom. The van der Waals surface area contributed by atoms with Gasteiger partial charge in [-0.25, -0.2) is 0 Å². The van der Waals surface area contributed by atoms with E-state index >= 15 is 0 Å². The van der Waals surface area contributed by atoms with Crippen LogP contribution in [0.25, 0.3) is 0 Å². The topological polar surface area (TPSA) is 21.7 Å². The fourth-order valence-electron chi connectivity index (χ4n) is 4.05. The average molecular weight is 271 g/mol. The summed E-state index contributed by atoms with van der Waals surface area (Å²) >= 11 is 0. The molecule has 3 atom stereocenters. The molecular weight excluding hydrogens is 242 g/mol. The Kier molecular flexibility index (Phi) is 4.86. The lowest BCUT2D eigenvalue weighted by Gasteiger charge is -2.44. The molecule has 0 radical (unpaired) electrons. The summed E-state index contributed by atoms with van der Waals surface area (Å²) < 4.78 is 14.7. The predicted octanol–water partition coefficient (Wildman–Crippen LogP) is 3.28. The van der Waals surface area contributed by atoms with E-state index < -0.39 is 8.72 Å². The molecule has 0 amide bonds. The van der Waals surface area contributed by atoms with E-state index in [1.54, 1.807) is 0 Å². The molecule has 1 heterocycles. The lowest BCUT2D eigenvalue weighted by atomic mass is 9.86. The van der Waals surface area contributed by atoms with Crippen molar-refractivity contribution in [3.8, 4) is 0 Å². The van der Waals surface area contributed by atoms with E-state index in [0.29, 0.717) is 5.54 Å². The molecule has 1 saturated heterocycles. The number of nitrogens with zero attached hydrogens (tertiary/aromatic N) is 1. The quantitative estimate of drug-likeness (QED) is 0.716. The predicted molar refractivity (Wildman–Crippen MR) is 76.6 cm³/mol. The first-order chi connectivity index (χ1) is 8.69. The van der Waals surface area contributed by atoms with Crippen molar-refractivity contribution in [2.24, 2.45) is 5.92 Å². The van der Waals surface area contributed by atoms with Crippen LogP contribution in [-0.2, 0) is 8.85 Å². The molecule has 0 spiro atoms. The third-order valence-electron chi connectivity index (χ3n) is 5.23. The highest BCUT2D eigenvalue weighted by molar-refractivity contribution is 6.66. The van der Waals surface area contributed by atoms with Crippen molar-refractivity contribution >= 4 is 8.72 Å². The van der Waals surface area contributed by atoms with Crippen LogP contribution in [0.15, 0.2) is 0 Å². The van der Waals surface area contributed by atoms with Crippen LogP contribution in [0.3, 0.4) is 0 Å². The molecule has 18 heavy (non-hydrogen) atoms. The number of hydrogen-bond acceptors (Lipinski definition) is 3. The van der Waals surface area contributed by atoms with Crippen LogP contribution in [0.5, 0.6) is 0 Å². The highest BCUT2D eigenvalue weighted by Gasteiger charge is 2.54. The van der Waals surface area contributed by atoms with Gasteiger partial charge in [-0.1, -0.05) is 33.1 Å². The second kappa shape index (κ2) is 6.03. The first-order valence-electron chi connectivity index (χ1n) is 7.56. The lowest BCUT2D eigenvalue weighted by Crippen LogP contribution is -2.62. The third-order valence-corrected chi connectivity index (χ3v) is 9.41. The van der Waals surface area contributed by atoms with E-state index in [0.717, 1.165) is 18.4 Å². The van der Waals surface area contributed by atoms with Crippen molar-refractivity contribution in [3.05, 3.63) is 0 Å². The molecule has 1 aliphatic heterocycles. The fourth-order valence-corrected chi connectivity index (χ4v) is 7.82. The zero-order valence-electron chi connectivity index (χ0n) is 12.4. The van der Waals surface area contributed by atoms with Crippen molar-refractivity contribution in [2.75, 3.05) is 20.8 Å². The minimum atomic E-state index is -2.19. The first-order valence-corrected chi connectivity index (χ1v) is 9.40. The summed E-state index contributed by atoms with van der Waals surface area (Å²) in [6.07, 6.45) is 8.06. The van der Waals surface area contributed by atoms with Gasteiger partial charge in [0.15, 0.2) is 0 Å². The minimum Gasteiger partial charge on any atom is -0.386 e. The zero-order valence-corrected chi connectivity index (χ0v) is 13.4. The third kappa shape index (κ3) is 2.28. The highest BCUT2D eigenvalue weighted by Crippen LogP contribution is 2.42. The van der Waals surface area contributed by atoms with Gasteiger partial charge in [0.2, 0.25) is 0 Å². The van der Waals surface area contributed by atoms with Gasteiger partial charge in [0.25, 0.3) is 0 Å². The molecule has 3 unspecified atom stereocenters. The molecule has 0 bridgehead atoms. The van der Waals surface area contributed by atoms with Crippen molar-refractivity contribution < 1.29 is 8.85 Å². The van der Waals surface area contributed by atoms with E-state index in [1.165, 1.54) is 38.6 Å². The van der Waals surface area contributed by atoms with E-state index in [2.05, 4.69) is 18.4 Å². The maximum Gasteiger partial charge on any atom is 0.430 e. The second-order valence-corrected chi connectivity index (χ2v) is 9.58. The van der Waals surface area contributed by atoms with E-state index in [9.17, 15) is 0 Å². The van der Waals surface area contributed by atoms with Gasteiger partial charge in [-0.15, -0.1) is 0 Å². The molecule has 0 aromatic rings. The normalized spacial score (nSPS) is 31.3. The van der Waals surface area contributed by atoms with Crippen LogP contribution in [0.2, 0.25) is 5.54 Å². The molecule has 0 aromatic carbocycles.